The number of hydrogen-bond donors (Lipinski definition) is 0. The van der Waals surface area contributed by atoms with Crippen molar-refractivity contribution in [1.82, 2.24) is 0 Å². The Balaban J connectivity index is 2.66. The first-order valence-electron chi connectivity index (χ1n) is 13.2. The van der Waals surface area contributed by atoms with Gasteiger partial charge in [-0.25, -0.2) is 0 Å². The molecule has 0 aromatic carbocycles. The quantitative estimate of drug-likeness (QED) is 0.118. The summed E-state index contributed by atoms with van der Waals surface area (Å²) >= 11 is 1.80. The van der Waals surface area contributed by atoms with Gasteiger partial charge in [0.1, 0.15) is 35.6 Å². The van der Waals surface area contributed by atoms with Gasteiger partial charge >= 0.3 is 41.8 Å². The van der Waals surface area contributed by atoms with E-state index in [0.717, 1.165) is 48.5 Å². The summed E-state index contributed by atoms with van der Waals surface area (Å²) in [6.07, 6.45) is -13.0. The van der Waals surface area contributed by atoms with Gasteiger partial charge in [0.15, 0.2) is 36.8 Å². The van der Waals surface area contributed by atoms with Crippen LogP contribution in [0.2, 0.25) is 0 Å². The van der Waals surface area contributed by atoms with E-state index in [0.29, 0.717) is 0 Å². The minimum Gasteiger partial charge on any atom is -0.463 e. The van der Waals surface area contributed by atoms with E-state index in [9.17, 15) is 33.6 Å². The molecular formula is C26H35IO17. The topological polar surface area (TPSA) is 212 Å². The zero-order chi connectivity index (χ0) is 33.3. The number of alkyl halides is 1. The van der Waals surface area contributed by atoms with Crippen LogP contribution in [0.3, 0.4) is 0 Å². The Morgan fingerprint density at radius 2 is 0.841 bits per heavy atom. The van der Waals surface area contributed by atoms with Crippen LogP contribution in [0, 0.1) is 0 Å². The summed E-state index contributed by atoms with van der Waals surface area (Å²) in [6.45, 7) is 6.66. The Hall–Kier alpha value is -3.10. The Morgan fingerprint density at radius 1 is 0.477 bits per heavy atom. The van der Waals surface area contributed by atoms with Gasteiger partial charge in [0.25, 0.3) is 0 Å². The molecule has 2 aliphatic rings. The van der Waals surface area contributed by atoms with Crippen molar-refractivity contribution in [2.24, 2.45) is 0 Å². The van der Waals surface area contributed by atoms with E-state index in [2.05, 4.69) is 0 Å². The van der Waals surface area contributed by atoms with Gasteiger partial charge in [-0.1, -0.05) is 0 Å². The van der Waals surface area contributed by atoms with Crippen LogP contribution in [-0.2, 0) is 80.9 Å². The molecule has 17 nitrogen and oxygen atoms in total. The summed E-state index contributed by atoms with van der Waals surface area (Å²) in [7, 11) is 0. The molecule has 0 aliphatic carbocycles. The predicted molar refractivity (Wildman–Crippen MR) is 147 cm³/mol. The van der Waals surface area contributed by atoms with E-state index in [1.54, 1.807) is 22.6 Å². The number of carbonyl (C=O) groups excluding carboxylic acids is 7. The zero-order valence-electron chi connectivity index (χ0n) is 25.0. The molecule has 0 N–H and O–H groups in total. The van der Waals surface area contributed by atoms with E-state index < -0.39 is 114 Å². The van der Waals surface area contributed by atoms with Gasteiger partial charge in [0.2, 0.25) is 0 Å². The standard InChI is InChI=1S/C26H35IO17/c1-10(28)35-8-17-20(21(38-13(4)31)23(25(27)42-17)40-15(6)33)44-26-24(41-16(7)34)22(39-14(5)32)19(37-12(3)30)18(43-26)9-36-11(2)29/h17-26H,8-9H2,1-7H3/t17?,18?,19-,20+,21?,22?,23?,24?,25-,26-/m0/s1. The molecule has 6 unspecified atom stereocenters. The lowest BCUT2D eigenvalue weighted by Crippen LogP contribution is -2.66. The normalized spacial score (nSPS) is 31.5. The lowest BCUT2D eigenvalue weighted by atomic mass is 9.96. The van der Waals surface area contributed by atoms with E-state index in [1.807, 2.05) is 0 Å². The predicted octanol–water partition coefficient (Wildman–Crippen LogP) is 0.0411. The summed E-state index contributed by atoms with van der Waals surface area (Å²) in [5.41, 5.74) is 0. The molecular weight excluding hydrogens is 711 g/mol. The highest BCUT2D eigenvalue weighted by molar-refractivity contribution is 14.1. The Kier molecular flexibility index (Phi) is 14.2. The monoisotopic (exact) mass is 746 g/mol. The summed E-state index contributed by atoms with van der Waals surface area (Å²) in [5.74, 6) is -5.56. The lowest BCUT2D eigenvalue weighted by molar-refractivity contribution is -0.340. The second-order valence-electron chi connectivity index (χ2n) is 9.64. The highest BCUT2D eigenvalue weighted by Crippen LogP contribution is 2.36. The molecule has 2 saturated heterocycles. The molecule has 44 heavy (non-hydrogen) atoms. The first kappa shape index (κ1) is 37.1. The molecule has 0 aromatic rings. The third-order valence-electron chi connectivity index (χ3n) is 5.87. The van der Waals surface area contributed by atoms with Crippen LogP contribution in [0.4, 0.5) is 0 Å². The summed E-state index contributed by atoms with van der Waals surface area (Å²) in [5, 5.41) is 0. The maximum absolute atomic E-state index is 12.2. The van der Waals surface area contributed by atoms with Crippen molar-refractivity contribution in [3.8, 4) is 0 Å². The molecule has 18 heteroatoms. The fourth-order valence-corrected chi connectivity index (χ4v) is 5.39. The highest BCUT2D eigenvalue weighted by Gasteiger charge is 2.57. The van der Waals surface area contributed by atoms with Crippen molar-refractivity contribution < 1.29 is 80.9 Å². The van der Waals surface area contributed by atoms with Crippen molar-refractivity contribution in [3.63, 3.8) is 0 Å². The van der Waals surface area contributed by atoms with Crippen LogP contribution in [0.1, 0.15) is 48.5 Å². The molecule has 2 rings (SSSR count). The van der Waals surface area contributed by atoms with Gasteiger partial charge in [0, 0.05) is 48.5 Å². The van der Waals surface area contributed by atoms with E-state index in [4.69, 9.17) is 47.4 Å². The minimum atomic E-state index is -1.72. The second kappa shape index (κ2) is 16.8. The Bertz CT molecular complexity index is 1090. The lowest BCUT2D eigenvalue weighted by Gasteiger charge is -2.48. The van der Waals surface area contributed by atoms with Crippen LogP contribution < -0.4 is 0 Å². The van der Waals surface area contributed by atoms with E-state index in [1.165, 1.54) is 0 Å². The fourth-order valence-electron chi connectivity index (χ4n) is 4.46. The molecule has 0 spiro atoms. The first-order chi connectivity index (χ1) is 20.5. The largest absolute Gasteiger partial charge is 0.463 e. The highest BCUT2D eigenvalue weighted by atomic mass is 127. The van der Waals surface area contributed by atoms with Gasteiger partial charge in [-0.15, -0.1) is 0 Å². The SMILES string of the molecule is CC(=O)OCC1O[C@H](I)C(OC(C)=O)C(OC(C)=O)[C@@H]1O[C@@H]1OC(COC(C)=O)[C@H](OC(C)=O)C(OC(C)=O)C1OC(C)=O. The maximum atomic E-state index is 12.2. The molecule has 0 bridgehead atoms. The number of esters is 7. The van der Waals surface area contributed by atoms with Gasteiger partial charge in [-0.05, 0) is 22.6 Å². The minimum absolute atomic E-state index is 0.435. The molecule has 0 amide bonds. The average Bonchev–Trinajstić information content (AvgIpc) is 2.87. The Labute approximate surface area is 265 Å². The smallest absolute Gasteiger partial charge is 0.303 e. The molecule has 2 fully saturated rings. The summed E-state index contributed by atoms with van der Waals surface area (Å²) in [4.78, 5) is 83.8. The van der Waals surface area contributed by atoms with Crippen LogP contribution in [0.15, 0.2) is 0 Å². The second-order valence-corrected chi connectivity index (χ2v) is 10.9. The van der Waals surface area contributed by atoms with Crippen LogP contribution in [0.5, 0.6) is 0 Å². The van der Waals surface area contributed by atoms with Gasteiger partial charge < -0.3 is 47.4 Å². The maximum Gasteiger partial charge on any atom is 0.303 e. The zero-order valence-corrected chi connectivity index (χ0v) is 27.2. The number of carbonyl (C=O) groups is 7. The molecule has 0 saturated carbocycles. The molecule has 248 valence electrons. The first-order valence-corrected chi connectivity index (χ1v) is 14.5. The molecule has 10 atom stereocenters. The van der Waals surface area contributed by atoms with Crippen LogP contribution in [-0.4, -0.2) is 114 Å². The third kappa shape index (κ3) is 11.1. The molecule has 2 heterocycles. The summed E-state index contributed by atoms with van der Waals surface area (Å²) in [6, 6.07) is 0. The number of ether oxygens (including phenoxy) is 10. The van der Waals surface area contributed by atoms with Crippen molar-refractivity contribution in [2.45, 2.75) is 108 Å². The molecule has 0 radical (unpaired) electrons. The Morgan fingerprint density at radius 3 is 1.27 bits per heavy atom. The van der Waals surface area contributed by atoms with Gasteiger partial charge in [-0.2, -0.15) is 0 Å². The van der Waals surface area contributed by atoms with Crippen LogP contribution >= 0.6 is 22.6 Å². The molecule has 0 aromatic heterocycles. The van der Waals surface area contributed by atoms with Crippen molar-refractivity contribution in [3.05, 3.63) is 0 Å². The third-order valence-corrected chi connectivity index (χ3v) is 6.87. The van der Waals surface area contributed by atoms with Crippen LogP contribution in [0.25, 0.3) is 0 Å². The number of rotatable bonds is 11. The van der Waals surface area contributed by atoms with Crippen molar-refractivity contribution >= 4 is 64.4 Å². The number of halogens is 1. The molecule has 2 aliphatic heterocycles. The average molecular weight is 746 g/mol. The van der Waals surface area contributed by atoms with E-state index in [-0.39, 0.29) is 0 Å². The fraction of sp³-hybridized carbons (Fsp3) is 0.731. The van der Waals surface area contributed by atoms with Crippen molar-refractivity contribution in [2.75, 3.05) is 13.2 Å². The number of hydrogen-bond acceptors (Lipinski definition) is 17. The van der Waals surface area contributed by atoms with Crippen molar-refractivity contribution in [1.29, 1.82) is 0 Å². The van der Waals surface area contributed by atoms with Gasteiger partial charge in [-0.3, -0.25) is 33.6 Å². The summed E-state index contributed by atoms with van der Waals surface area (Å²) < 4.78 is 54.4. The van der Waals surface area contributed by atoms with E-state index >= 15 is 0 Å². The van der Waals surface area contributed by atoms with Gasteiger partial charge in [0.05, 0.1) is 0 Å².